The van der Waals surface area contributed by atoms with E-state index in [-0.39, 0.29) is 29.7 Å². The quantitative estimate of drug-likeness (QED) is 0.808. The molecule has 2 fully saturated rings. The Bertz CT molecular complexity index is 368. The summed E-state index contributed by atoms with van der Waals surface area (Å²) in [5.74, 6) is 0.405. The summed E-state index contributed by atoms with van der Waals surface area (Å²) in [6, 6.07) is 0.117. The lowest BCUT2D eigenvalue weighted by Crippen LogP contribution is -2.52. The van der Waals surface area contributed by atoms with Crippen LogP contribution in [-0.4, -0.2) is 35.8 Å². The molecule has 0 aromatic carbocycles. The first kappa shape index (κ1) is 16.3. The van der Waals surface area contributed by atoms with Crippen LogP contribution >= 0.6 is 0 Å². The van der Waals surface area contributed by atoms with Gasteiger partial charge in [-0.3, -0.25) is 9.59 Å². The van der Waals surface area contributed by atoms with Crippen molar-refractivity contribution in [2.75, 3.05) is 13.1 Å². The predicted octanol–water partition coefficient (Wildman–Crippen LogP) is 2.72. The Morgan fingerprint density at radius 3 is 2.57 bits per heavy atom. The van der Waals surface area contributed by atoms with Crippen LogP contribution in [0.3, 0.4) is 0 Å². The SMILES string of the molecule is CC(C)C(=O)N1CCCCCCNC(=O)[C@@H]2CCCC[C@@H]21. The molecule has 0 unspecified atom stereocenters. The van der Waals surface area contributed by atoms with E-state index in [0.29, 0.717) is 0 Å². The van der Waals surface area contributed by atoms with Crippen molar-refractivity contribution in [1.29, 1.82) is 0 Å². The van der Waals surface area contributed by atoms with Crippen LogP contribution in [0, 0.1) is 11.8 Å². The fourth-order valence-electron chi connectivity index (χ4n) is 3.66. The molecule has 1 heterocycles. The monoisotopic (exact) mass is 294 g/mol. The first-order valence-electron chi connectivity index (χ1n) is 8.69. The van der Waals surface area contributed by atoms with E-state index in [1.54, 1.807) is 0 Å². The molecule has 120 valence electrons. The first-order valence-corrected chi connectivity index (χ1v) is 8.69. The predicted molar refractivity (Wildman–Crippen MR) is 83.8 cm³/mol. The van der Waals surface area contributed by atoms with Crippen molar-refractivity contribution >= 4 is 11.8 Å². The molecule has 1 aliphatic carbocycles. The third-order valence-electron chi connectivity index (χ3n) is 4.87. The van der Waals surface area contributed by atoms with Gasteiger partial charge in [0, 0.05) is 25.0 Å². The third-order valence-corrected chi connectivity index (χ3v) is 4.87. The Labute approximate surface area is 128 Å². The molecule has 2 rings (SSSR count). The number of fused-ring (bicyclic) bond motifs is 1. The van der Waals surface area contributed by atoms with Crippen molar-refractivity contribution in [2.45, 2.75) is 71.3 Å². The van der Waals surface area contributed by atoms with Gasteiger partial charge in [-0.15, -0.1) is 0 Å². The molecule has 0 radical (unpaired) electrons. The summed E-state index contributed by atoms with van der Waals surface area (Å²) in [6.45, 7) is 5.54. The van der Waals surface area contributed by atoms with Crippen molar-refractivity contribution in [3.8, 4) is 0 Å². The van der Waals surface area contributed by atoms with Crippen LogP contribution in [0.25, 0.3) is 0 Å². The zero-order valence-corrected chi connectivity index (χ0v) is 13.6. The zero-order chi connectivity index (χ0) is 15.2. The van der Waals surface area contributed by atoms with Gasteiger partial charge in [0.1, 0.15) is 0 Å². The summed E-state index contributed by atoms with van der Waals surface area (Å²) in [4.78, 5) is 27.1. The molecule has 1 N–H and O–H groups in total. The second-order valence-electron chi connectivity index (χ2n) is 6.85. The lowest BCUT2D eigenvalue weighted by Gasteiger charge is -2.40. The topological polar surface area (TPSA) is 49.4 Å². The maximum absolute atomic E-state index is 12.6. The van der Waals surface area contributed by atoms with Crippen molar-refractivity contribution in [3.63, 3.8) is 0 Å². The van der Waals surface area contributed by atoms with E-state index >= 15 is 0 Å². The van der Waals surface area contributed by atoms with Crippen LogP contribution in [-0.2, 0) is 9.59 Å². The van der Waals surface area contributed by atoms with Crippen molar-refractivity contribution in [3.05, 3.63) is 0 Å². The van der Waals surface area contributed by atoms with Crippen LogP contribution in [0.2, 0.25) is 0 Å². The number of hydrogen-bond acceptors (Lipinski definition) is 2. The Kier molecular flexibility index (Phi) is 6.07. The van der Waals surface area contributed by atoms with Gasteiger partial charge in [-0.1, -0.05) is 39.5 Å². The molecule has 0 bridgehead atoms. The molecule has 2 aliphatic rings. The van der Waals surface area contributed by atoms with E-state index in [0.717, 1.165) is 64.5 Å². The number of amides is 2. The molecule has 0 aromatic rings. The lowest BCUT2D eigenvalue weighted by molar-refractivity contribution is -0.141. The van der Waals surface area contributed by atoms with Crippen LogP contribution in [0.1, 0.15) is 65.2 Å². The van der Waals surface area contributed by atoms with Crippen LogP contribution in [0.15, 0.2) is 0 Å². The summed E-state index contributed by atoms with van der Waals surface area (Å²) in [5.41, 5.74) is 0. The molecule has 0 spiro atoms. The highest BCUT2D eigenvalue weighted by Crippen LogP contribution is 2.30. The van der Waals surface area contributed by atoms with Gasteiger partial charge >= 0.3 is 0 Å². The van der Waals surface area contributed by atoms with Gasteiger partial charge in [0.2, 0.25) is 11.8 Å². The van der Waals surface area contributed by atoms with Crippen LogP contribution < -0.4 is 5.32 Å². The van der Waals surface area contributed by atoms with E-state index in [9.17, 15) is 9.59 Å². The maximum atomic E-state index is 12.6. The molecule has 4 nitrogen and oxygen atoms in total. The molecule has 1 aliphatic heterocycles. The Balaban J connectivity index is 2.20. The van der Waals surface area contributed by atoms with Gasteiger partial charge in [-0.05, 0) is 25.7 Å². The average molecular weight is 294 g/mol. The molecule has 0 aromatic heterocycles. The Morgan fingerprint density at radius 1 is 1.10 bits per heavy atom. The molecule has 2 amide bonds. The minimum atomic E-state index is -0.000417. The molecule has 1 saturated carbocycles. The highest BCUT2D eigenvalue weighted by Gasteiger charge is 2.37. The van der Waals surface area contributed by atoms with E-state index in [4.69, 9.17) is 0 Å². The molecule has 1 saturated heterocycles. The Hall–Kier alpha value is -1.06. The fourth-order valence-corrected chi connectivity index (χ4v) is 3.66. The minimum absolute atomic E-state index is 0.000417. The minimum Gasteiger partial charge on any atom is -0.356 e. The smallest absolute Gasteiger partial charge is 0.225 e. The van der Waals surface area contributed by atoms with E-state index in [2.05, 4.69) is 5.32 Å². The van der Waals surface area contributed by atoms with Crippen molar-refractivity contribution in [1.82, 2.24) is 10.2 Å². The summed E-state index contributed by atoms with van der Waals surface area (Å²) in [6.07, 6.45) is 8.56. The van der Waals surface area contributed by atoms with E-state index < -0.39 is 0 Å². The number of carbonyl (C=O) groups excluding carboxylic acids is 2. The van der Waals surface area contributed by atoms with E-state index in [1.165, 1.54) is 0 Å². The second-order valence-corrected chi connectivity index (χ2v) is 6.85. The molecular formula is C17H30N2O2. The standard InChI is InChI=1S/C17H30N2O2/c1-13(2)17(21)19-12-8-4-3-7-11-18-16(20)14-9-5-6-10-15(14)19/h13-15H,3-12H2,1-2H3,(H,18,20)/t14-,15+/m1/s1. The summed E-state index contributed by atoms with van der Waals surface area (Å²) >= 11 is 0. The van der Waals surface area contributed by atoms with Crippen molar-refractivity contribution < 1.29 is 9.59 Å². The van der Waals surface area contributed by atoms with Gasteiger partial charge in [-0.2, -0.15) is 0 Å². The molecular weight excluding hydrogens is 264 g/mol. The van der Waals surface area contributed by atoms with Gasteiger partial charge in [-0.25, -0.2) is 0 Å². The number of carbonyl (C=O) groups is 2. The van der Waals surface area contributed by atoms with Crippen LogP contribution in [0.4, 0.5) is 0 Å². The second kappa shape index (κ2) is 7.81. The number of nitrogens with one attached hydrogen (secondary N) is 1. The highest BCUT2D eigenvalue weighted by atomic mass is 16.2. The number of hydrogen-bond donors (Lipinski definition) is 1. The first-order chi connectivity index (χ1) is 10.1. The molecule has 4 heteroatoms. The average Bonchev–Trinajstić information content (AvgIpc) is 2.52. The summed E-state index contributed by atoms with van der Waals surface area (Å²) < 4.78 is 0. The van der Waals surface area contributed by atoms with Gasteiger partial charge in [0.25, 0.3) is 0 Å². The van der Waals surface area contributed by atoms with Gasteiger partial charge < -0.3 is 10.2 Å². The number of rotatable bonds is 1. The summed E-state index contributed by atoms with van der Waals surface area (Å²) in [5, 5.41) is 3.09. The van der Waals surface area contributed by atoms with E-state index in [1.807, 2.05) is 18.7 Å². The number of nitrogens with zero attached hydrogens (tertiary/aromatic N) is 1. The van der Waals surface area contributed by atoms with Crippen molar-refractivity contribution in [2.24, 2.45) is 11.8 Å². The van der Waals surface area contributed by atoms with Gasteiger partial charge in [0.05, 0.1) is 5.92 Å². The lowest BCUT2D eigenvalue weighted by atomic mass is 9.82. The summed E-state index contributed by atoms with van der Waals surface area (Å²) in [7, 11) is 0. The Morgan fingerprint density at radius 2 is 1.81 bits per heavy atom. The highest BCUT2D eigenvalue weighted by molar-refractivity contribution is 5.82. The van der Waals surface area contributed by atoms with Crippen LogP contribution in [0.5, 0.6) is 0 Å². The van der Waals surface area contributed by atoms with Gasteiger partial charge in [0.15, 0.2) is 0 Å². The zero-order valence-electron chi connectivity index (χ0n) is 13.6. The third kappa shape index (κ3) is 4.21. The normalized spacial score (nSPS) is 28.5. The molecule has 2 atom stereocenters. The largest absolute Gasteiger partial charge is 0.356 e. The maximum Gasteiger partial charge on any atom is 0.225 e. The molecule has 21 heavy (non-hydrogen) atoms. The fraction of sp³-hybridized carbons (Fsp3) is 0.882.